The number of benzene rings is 1. The highest BCUT2D eigenvalue weighted by molar-refractivity contribution is 6.33. The van der Waals surface area contributed by atoms with Gasteiger partial charge in [-0.15, -0.1) is 0 Å². The summed E-state index contributed by atoms with van der Waals surface area (Å²) in [6.07, 6.45) is 3.22. The van der Waals surface area contributed by atoms with Gasteiger partial charge in [0.05, 0.1) is 23.9 Å². The zero-order valence-corrected chi connectivity index (χ0v) is 10.3. The van der Waals surface area contributed by atoms with Crippen LogP contribution in [0, 0.1) is 0 Å². The summed E-state index contributed by atoms with van der Waals surface area (Å²) in [5.41, 5.74) is 0.264. The molecule has 0 saturated carbocycles. The minimum absolute atomic E-state index is 0.264. The van der Waals surface area contributed by atoms with Crippen LogP contribution in [0.2, 0.25) is 5.02 Å². The normalized spacial score (nSPS) is 9.89. The maximum Gasteiger partial charge on any atom is 0.339 e. The van der Waals surface area contributed by atoms with E-state index < -0.39 is 5.97 Å². The summed E-state index contributed by atoms with van der Waals surface area (Å²) >= 11 is 5.90. The molecule has 0 N–H and O–H groups in total. The fourth-order valence-electron chi connectivity index (χ4n) is 1.38. The van der Waals surface area contributed by atoms with E-state index in [4.69, 9.17) is 16.3 Å². The summed E-state index contributed by atoms with van der Waals surface area (Å²) in [5, 5.41) is 0.320. The van der Waals surface area contributed by atoms with Crippen molar-refractivity contribution in [3.05, 3.63) is 53.3 Å². The van der Waals surface area contributed by atoms with Gasteiger partial charge in [0.15, 0.2) is 0 Å². The number of pyridine rings is 1. The summed E-state index contributed by atoms with van der Waals surface area (Å²) in [6.45, 7) is 0. The topological polar surface area (TPSA) is 48.4 Å². The van der Waals surface area contributed by atoms with Crippen molar-refractivity contribution in [3.8, 4) is 11.5 Å². The standard InChI is InChI=1S/C13H10ClNO3/c1-17-13(16)11-7-9(4-5-12(11)14)18-10-3-2-6-15-8-10/h2-8H,1H3. The Hall–Kier alpha value is -2.07. The van der Waals surface area contributed by atoms with Crippen LogP contribution < -0.4 is 4.74 Å². The molecule has 0 atom stereocenters. The average molecular weight is 264 g/mol. The molecular weight excluding hydrogens is 254 g/mol. The SMILES string of the molecule is COC(=O)c1cc(Oc2cccnc2)ccc1Cl. The van der Waals surface area contributed by atoms with Gasteiger partial charge in [-0.25, -0.2) is 4.79 Å². The molecule has 0 aliphatic carbocycles. The second-order valence-electron chi connectivity index (χ2n) is 3.42. The molecule has 0 aliphatic heterocycles. The van der Waals surface area contributed by atoms with E-state index >= 15 is 0 Å². The molecule has 0 unspecified atom stereocenters. The zero-order valence-electron chi connectivity index (χ0n) is 9.59. The van der Waals surface area contributed by atoms with Crippen LogP contribution in [0.25, 0.3) is 0 Å². The molecule has 18 heavy (non-hydrogen) atoms. The fraction of sp³-hybridized carbons (Fsp3) is 0.0769. The minimum atomic E-state index is -0.503. The van der Waals surface area contributed by atoms with E-state index in [1.54, 1.807) is 36.7 Å². The molecule has 0 saturated heterocycles. The highest BCUT2D eigenvalue weighted by atomic mass is 35.5. The largest absolute Gasteiger partial charge is 0.465 e. The number of aromatic nitrogens is 1. The van der Waals surface area contributed by atoms with Crippen LogP contribution in [0.15, 0.2) is 42.7 Å². The molecule has 1 aromatic heterocycles. The Balaban J connectivity index is 2.27. The van der Waals surface area contributed by atoms with Gasteiger partial charge in [0.1, 0.15) is 11.5 Å². The van der Waals surface area contributed by atoms with Crippen LogP contribution in [0.4, 0.5) is 0 Å². The number of rotatable bonds is 3. The monoisotopic (exact) mass is 263 g/mol. The first kappa shape index (κ1) is 12.4. The lowest BCUT2D eigenvalue weighted by Crippen LogP contribution is -2.02. The van der Waals surface area contributed by atoms with Crippen LogP contribution >= 0.6 is 11.6 Å². The number of hydrogen-bond donors (Lipinski definition) is 0. The van der Waals surface area contributed by atoms with Gasteiger partial charge in [-0.1, -0.05) is 11.6 Å². The third kappa shape index (κ3) is 2.78. The average Bonchev–Trinajstić information content (AvgIpc) is 2.41. The Bertz CT molecular complexity index is 557. The molecular formula is C13H10ClNO3. The van der Waals surface area contributed by atoms with Gasteiger partial charge in [0.2, 0.25) is 0 Å². The molecule has 4 nitrogen and oxygen atoms in total. The van der Waals surface area contributed by atoms with E-state index in [0.717, 1.165) is 0 Å². The smallest absolute Gasteiger partial charge is 0.339 e. The van der Waals surface area contributed by atoms with Gasteiger partial charge in [-0.3, -0.25) is 4.98 Å². The van der Waals surface area contributed by atoms with Crippen molar-refractivity contribution in [3.63, 3.8) is 0 Å². The Morgan fingerprint density at radius 2 is 2.11 bits per heavy atom. The molecule has 0 bridgehead atoms. The molecule has 2 rings (SSSR count). The molecule has 1 heterocycles. The van der Waals surface area contributed by atoms with Crippen molar-refractivity contribution in [2.45, 2.75) is 0 Å². The molecule has 5 heteroatoms. The first-order valence-corrected chi connectivity index (χ1v) is 5.54. The van der Waals surface area contributed by atoms with Crippen molar-refractivity contribution >= 4 is 17.6 Å². The summed E-state index contributed by atoms with van der Waals surface area (Å²) in [4.78, 5) is 15.4. The highest BCUT2D eigenvalue weighted by Crippen LogP contribution is 2.26. The minimum Gasteiger partial charge on any atom is -0.465 e. The van der Waals surface area contributed by atoms with Crippen LogP contribution in [-0.2, 0) is 4.74 Å². The Morgan fingerprint density at radius 3 is 2.78 bits per heavy atom. The second-order valence-corrected chi connectivity index (χ2v) is 3.83. The van der Waals surface area contributed by atoms with Crippen LogP contribution in [0.5, 0.6) is 11.5 Å². The number of ether oxygens (including phenoxy) is 2. The summed E-state index contributed by atoms with van der Waals surface area (Å²) in [7, 11) is 1.30. The Kier molecular flexibility index (Phi) is 3.79. The fourth-order valence-corrected chi connectivity index (χ4v) is 1.57. The van der Waals surface area contributed by atoms with Gasteiger partial charge < -0.3 is 9.47 Å². The maximum atomic E-state index is 11.5. The molecule has 0 aliphatic rings. The predicted molar refractivity (Wildman–Crippen MR) is 67.1 cm³/mol. The predicted octanol–water partition coefficient (Wildman–Crippen LogP) is 3.31. The van der Waals surface area contributed by atoms with Gasteiger partial charge in [0, 0.05) is 6.20 Å². The molecule has 0 fully saturated rings. The van der Waals surface area contributed by atoms with Gasteiger partial charge in [-0.05, 0) is 30.3 Å². The Labute approximate surface area is 109 Å². The highest BCUT2D eigenvalue weighted by Gasteiger charge is 2.12. The summed E-state index contributed by atoms with van der Waals surface area (Å²) in [5.74, 6) is 0.570. The van der Waals surface area contributed by atoms with E-state index in [1.807, 2.05) is 0 Å². The third-order valence-corrected chi connectivity index (χ3v) is 2.54. The molecule has 0 amide bonds. The number of carbonyl (C=O) groups is 1. The molecule has 0 radical (unpaired) electrons. The van der Waals surface area contributed by atoms with Crippen molar-refractivity contribution in [2.24, 2.45) is 0 Å². The van der Waals surface area contributed by atoms with Gasteiger partial charge >= 0.3 is 5.97 Å². The van der Waals surface area contributed by atoms with Crippen molar-refractivity contribution < 1.29 is 14.3 Å². The number of nitrogens with zero attached hydrogens (tertiary/aromatic N) is 1. The quantitative estimate of drug-likeness (QED) is 0.797. The number of methoxy groups -OCH3 is 1. The molecule has 92 valence electrons. The first-order valence-electron chi connectivity index (χ1n) is 5.16. The van der Waals surface area contributed by atoms with Crippen LogP contribution in [0.3, 0.4) is 0 Å². The van der Waals surface area contributed by atoms with Crippen LogP contribution in [-0.4, -0.2) is 18.1 Å². The van der Waals surface area contributed by atoms with E-state index in [0.29, 0.717) is 16.5 Å². The van der Waals surface area contributed by atoms with E-state index in [1.165, 1.54) is 13.2 Å². The van der Waals surface area contributed by atoms with Crippen molar-refractivity contribution in [1.29, 1.82) is 0 Å². The summed E-state index contributed by atoms with van der Waals surface area (Å²) in [6, 6.07) is 8.30. The van der Waals surface area contributed by atoms with Gasteiger partial charge in [-0.2, -0.15) is 0 Å². The maximum absolute atomic E-state index is 11.5. The van der Waals surface area contributed by atoms with E-state index in [-0.39, 0.29) is 5.56 Å². The first-order chi connectivity index (χ1) is 8.70. The number of esters is 1. The molecule has 0 spiro atoms. The van der Waals surface area contributed by atoms with Crippen LogP contribution in [0.1, 0.15) is 10.4 Å². The van der Waals surface area contributed by atoms with Gasteiger partial charge in [0.25, 0.3) is 0 Å². The second kappa shape index (κ2) is 5.51. The summed E-state index contributed by atoms with van der Waals surface area (Å²) < 4.78 is 10.2. The van der Waals surface area contributed by atoms with Crippen molar-refractivity contribution in [1.82, 2.24) is 4.98 Å². The number of carbonyl (C=O) groups excluding carboxylic acids is 1. The zero-order chi connectivity index (χ0) is 13.0. The third-order valence-electron chi connectivity index (χ3n) is 2.21. The molecule has 1 aromatic carbocycles. The number of hydrogen-bond acceptors (Lipinski definition) is 4. The Morgan fingerprint density at radius 1 is 1.28 bits per heavy atom. The lowest BCUT2D eigenvalue weighted by molar-refractivity contribution is 0.0600. The lowest BCUT2D eigenvalue weighted by atomic mass is 10.2. The molecule has 2 aromatic rings. The lowest BCUT2D eigenvalue weighted by Gasteiger charge is -2.07. The van der Waals surface area contributed by atoms with E-state index in [2.05, 4.69) is 9.72 Å². The number of halogens is 1. The van der Waals surface area contributed by atoms with E-state index in [9.17, 15) is 4.79 Å². The van der Waals surface area contributed by atoms with Crippen molar-refractivity contribution in [2.75, 3.05) is 7.11 Å².